The number of aliphatic hydroxyl groups is 1. The molecule has 3 aliphatic rings. The van der Waals surface area contributed by atoms with Crippen molar-refractivity contribution in [2.45, 2.75) is 57.4 Å². The number of hydrogen-bond donors (Lipinski definition) is 1. The van der Waals surface area contributed by atoms with Crippen LogP contribution in [0.3, 0.4) is 0 Å². The van der Waals surface area contributed by atoms with Crippen LogP contribution in [-0.4, -0.2) is 54.4 Å². The first-order valence-electron chi connectivity index (χ1n) is 8.50. The normalized spacial score (nSPS) is 33.8. The molecule has 0 aromatic carbocycles. The summed E-state index contributed by atoms with van der Waals surface area (Å²) in [6.07, 6.45) is 8.45. The van der Waals surface area contributed by atoms with Crippen LogP contribution in [0.2, 0.25) is 0 Å². The Hall–Kier alpha value is -0.170. The van der Waals surface area contributed by atoms with Crippen LogP contribution in [0, 0.1) is 11.8 Å². The number of hydrogen-bond acceptors (Lipinski definition) is 3. The van der Waals surface area contributed by atoms with E-state index in [1.54, 1.807) is 4.31 Å². The summed E-state index contributed by atoms with van der Waals surface area (Å²) < 4.78 is 29.4. The summed E-state index contributed by atoms with van der Waals surface area (Å²) in [4.78, 5) is 0. The molecule has 0 bridgehead atoms. The first kappa shape index (κ1) is 15.7. The van der Waals surface area contributed by atoms with Crippen molar-refractivity contribution < 1.29 is 13.5 Å². The van der Waals surface area contributed by atoms with Crippen molar-refractivity contribution in [3.8, 4) is 0 Å². The Labute approximate surface area is 128 Å². The molecule has 0 aromatic rings. The maximum absolute atomic E-state index is 13.0. The molecule has 122 valence electrons. The SMILES string of the molecule is O=S(=O)(N1CCC(CO)CC1)N1CCCC2CCCCC21. The van der Waals surface area contributed by atoms with Gasteiger partial charge in [-0.3, -0.25) is 0 Å². The molecule has 1 saturated carbocycles. The van der Waals surface area contributed by atoms with Crippen molar-refractivity contribution in [1.82, 2.24) is 8.61 Å². The fraction of sp³-hybridized carbons (Fsp3) is 1.00. The van der Waals surface area contributed by atoms with Crippen LogP contribution in [0.1, 0.15) is 51.4 Å². The summed E-state index contributed by atoms with van der Waals surface area (Å²) in [6.45, 7) is 2.02. The zero-order chi connectivity index (χ0) is 14.9. The molecule has 2 aliphatic heterocycles. The second kappa shape index (κ2) is 6.52. The second-order valence-corrected chi connectivity index (χ2v) is 8.78. The van der Waals surface area contributed by atoms with E-state index in [-0.39, 0.29) is 18.6 Å². The highest BCUT2D eigenvalue weighted by molar-refractivity contribution is 7.86. The Morgan fingerprint density at radius 3 is 2.29 bits per heavy atom. The molecular formula is C15H28N2O3S. The topological polar surface area (TPSA) is 60.9 Å². The molecule has 0 amide bonds. The molecule has 0 radical (unpaired) electrons. The van der Waals surface area contributed by atoms with E-state index in [0.717, 1.165) is 25.7 Å². The average Bonchev–Trinajstić information content (AvgIpc) is 2.54. The van der Waals surface area contributed by atoms with Gasteiger partial charge in [0.2, 0.25) is 0 Å². The molecule has 1 aliphatic carbocycles. The quantitative estimate of drug-likeness (QED) is 0.860. The lowest BCUT2D eigenvalue weighted by molar-refractivity contribution is 0.114. The molecule has 0 spiro atoms. The van der Waals surface area contributed by atoms with Crippen molar-refractivity contribution in [2.24, 2.45) is 11.8 Å². The van der Waals surface area contributed by atoms with Crippen molar-refractivity contribution in [2.75, 3.05) is 26.2 Å². The Bertz CT molecular complexity index is 444. The van der Waals surface area contributed by atoms with Gasteiger partial charge in [0.05, 0.1) is 0 Å². The minimum atomic E-state index is -3.30. The first-order chi connectivity index (χ1) is 10.1. The summed E-state index contributed by atoms with van der Waals surface area (Å²) in [5.41, 5.74) is 0. The van der Waals surface area contributed by atoms with E-state index in [4.69, 9.17) is 0 Å². The highest BCUT2D eigenvalue weighted by atomic mass is 32.2. The van der Waals surface area contributed by atoms with Gasteiger partial charge in [-0.15, -0.1) is 0 Å². The second-order valence-electron chi connectivity index (χ2n) is 6.90. The van der Waals surface area contributed by atoms with Crippen LogP contribution >= 0.6 is 0 Å². The number of nitrogens with zero attached hydrogens (tertiary/aromatic N) is 2. The smallest absolute Gasteiger partial charge is 0.282 e. The third-order valence-corrected chi connectivity index (χ3v) is 7.71. The number of piperidine rings is 2. The third kappa shape index (κ3) is 3.14. The molecule has 3 rings (SSSR count). The minimum absolute atomic E-state index is 0.183. The Kier molecular flexibility index (Phi) is 4.88. The maximum atomic E-state index is 13.0. The summed E-state index contributed by atoms with van der Waals surface area (Å²) in [6, 6.07) is 0.244. The molecule has 2 saturated heterocycles. The largest absolute Gasteiger partial charge is 0.396 e. The van der Waals surface area contributed by atoms with E-state index in [9.17, 15) is 13.5 Å². The van der Waals surface area contributed by atoms with Crippen LogP contribution in [0.25, 0.3) is 0 Å². The Morgan fingerprint density at radius 2 is 1.57 bits per heavy atom. The van der Waals surface area contributed by atoms with Crippen LogP contribution in [0.5, 0.6) is 0 Å². The Balaban J connectivity index is 1.71. The number of fused-ring (bicyclic) bond motifs is 1. The minimum Gasteiger partial charge on any atom is -0.396 e. The van der Waals surface area contributed by atoms with E-state index in [0.29, 0.717) is 25.6 Å². The fourth-order valence-electron chi connectivity index (χ4n) is 4.34. The van der Waals surface area contributed by atoms with Gasteiger partial charge in [-0.2, -0.15) is 17.0 Å². The van der Waals surface area contributed by atoms with Gasteiger partial charge in [0.1, 0.15) is 0 Å². The third-order valence-electron chi connectivity index (χ3n) is 5.65. The van der Waals surface area contributed by atoms with Crippen LogP contribution in [0.15, 0.2) is 0 Å². The van der Waals surface area contributed by atoms with Gasteiger partial charge in [0.25, 0.3) is 10.2 Å². The molecule has 2 atom stereocenters. The van der Waals surface area contributed by atoms with E-state index >= 15 is 0 Å². The summed E-state index contributed by atoms with van der Waals surface area (Å²) in [7, 11) is -3.30. The molecule has 5 nitrogen and oxygen atoms in total. The predicted molar refractivity (Wildman–Crippen MR) is 82.0 cm³/mol. The summed E-state index contributed by atoms with van der Waals surface area (Å²) >= 11 is 0. The van der Waals surface area contributed by atoms with Crippen molar-refractivity contribution in [3.63, 3.8) is 0 Å². The fourth-order valence-corrected chi connectivity index (χ4v) is 6.28. The molecule has 21 heavy (non-hydrogen) atoms. The molecule has 2 unspecified atom stereocenters. The Morgan fingerprint density at radius 1 is 0.905 bits per heavy atom. The van der Waals surface area contributed by atoms with Gasteiger partial charge in [-0.25, -0.2) is 0 Å². The molecule has 3 fully saturated rings. The predicted octanol–water partition coefficient (Wildman–Crippen LogP) is 1.59. The standard InChI is InChI=1S/C15H28N2O3S/c18-12-13-7-10-16(11-8-13)21(19,20)17-9-3-5-14-4-1-2-6-15(14)17/h13-15,18H,1-12H2. The molecule has 1 N–H and O–H groups in total. The van der Waals surface area contributed by atoms with Gasteiger partial charge < -0.3 is 5.11 Å². The maximum Gasteiger partial charge on any atom is 0.282 e. The van der Waals surface area contributed by atoms with Gasteiger partial charge in [-0.1, -0.05) is 12.8 Å². The van der Waals surface area contributed by atoms with Gasteiger partial charge >= 0.3 is 0 Å². The lowest BCUT2D eigenvalue weighted by Gasteiger charge is -2.45. The summed E-state index contributed by atoms with van der Waals surface area (Å²) in [5.74, 6) is 0.859. The molecule has 0 aromatic heterocycles. The first-order valence-corrected chi connectivity index (χ1v) is 9.90. The highest BCUT2D eigenvalue weighted by Crippen LogP contribution is 2.37. The number of aliphatic hydroxyl groups excluding tert-OH is 1. The summed E-state index contributed by atoms with van der Waals surface area (Å²) in [5, 5.41) is 9.20. The lowest BCUT2D eigenvalue weighted by Crippen LogP contribution is -2.55. The number of rotatable bonds is 3. The monoisotopic (exact) mass is 316 g/mol. The zero-order valence-corrected chi connectivity index (χ0v) is 13.6. The van der Waals surface area contributed by atoms with E-state index in [2.05, 4.69) is 0 Å². The molecule has 2 heterocycles. The zero-order valence-electron chi connectivity index (χ0n) is 12.8. The lowest BCUT2D eigenvalue weighted by atomic mass is 9.79. The van der Waals surface area contributed by atoms with Crippen LogP contribution in [0.4, 0.5) is 0 Å². The average molecular weight is 316 g/mol. The van der Waals surface area contributed by atoms with E-state index in [1.165, 1.54) is 25.7 Å². The van der Waals surface area contributed by atoms with Crippen molar-refractivity contribution >= 4 is 10.2 Å². The van der Waals surface area contributed by atoms with E-state index < -0.39 is 10.2 Å². The van der Waals surface area contributed by atoms with Crippen LogP contribution in [-0.2, 0) is 10.2 Å². The van der Waals surface area contributed by atoms with Crippen LogP contribution < -0.4 is 0 Å². The van der Waals surface area contributed by atoms with Gasteiger partial charge in [0, 0.05) is 32.3 Å². The van der Waals surface area contributed by atoms with E-state index in [1.807, 2.05) is 4.31 Å². The van der Waals surface area contributed by atoms with Crippen molar-refractivity contribution in [1.29, 1.82) is 0 Å². The van der Waals surface area contributed by atoms with Gasteiger partial charge in [-0.05, 0) is 50.4 Å². The highest BCUT2D eigenvalue weighted by Gasteiger charge is 2.42. The van der Waals surface area contributed by atoms with Crippen molar-refractivity contribution in [3.05, 3.63) is 0 Å². The van der Waals surface area contributed by atoms with Gasteiger partial charge in [0.15, 0.2) is 0 Å². The molecular weight excluding hydrogens is 288 g/mol. The molecule has 6 heteroatoms.